The molecule has 1 N–H and O–H groups in total. The van der Waals surface area contributed by atoms with E-state index in [0.29, 0.717) is 17.3 Å². The van der Waals surface area contributed by atoms with Crippen LogP contribution in [0.4, 0.5) is 10.1 Å². The van der Waals surface area contributed by atoms with Crippen LogP contribution in [0, 0.1) is 5.82 Å². The lowest BCUT2D eigenvalue weighted by molar-refractivity contribution is -0.121. The van der Waals surface area contributed by atoms with Gasteiger partial charge in [0.05, 0.1) is 11.9 Å². The van der Waals surface area contributed by atoms with Crippen molar-refractivity contribution in [3.8, 4) is 0 Å². The molecular formula is C18H20ClFN2O3S2. The summed E-state index contributed by atoms with van der Waals surface area (Å²) in [6.45, 7) is 1.76. The van der Waals surface area contributed by atoms with Gasteiger partial charge in [-0.2, -0.15) is 0 Å². The first-order valence-electron chi connectivity index (χ1n) is 8.10. The van der Waals surface area contributed by atoms with E-state index in [-0.39, 0.29) is 5.69 Å². The highest BCUT2D eigenvalue weighted by Crippen LogP contribution is 2.24. The number of hydrogen-bond donors (Lipinski definition) is 1. The molecule has 1 unspecified atom stereocenters. The number of halogens is 2. The van der Waals surface area contributed by atoms with E-state index < -0.39 is 27.8 Å². The van der Waals surface area contributed by atoms with Crippen molar-refractivity contribution in [2.75, 3.05) is 22.9 Å². The van der Waals surface area contributed by atoms with Crippen LogP contribution in [0.5, 0.6) is 0 Å². The Bertz CT molecular complexity index is 892. The predicted molar refractivity (Wildman–Crippen MR) is 108 cm³/mol. The molecule has 0 aliphatic rings. The molecule has 1 atom stereocenters. The summed E-state index contributed by atoms with van der Waals surface area (Å²) in [5, 5.41) is 3.34. The van der Waals surface area contributed by atoms with Crippen LogP contribution in [0.25, 0.3) is 0 Å². The molecule has 0 saturated heterocycles. The average Bonchev–Trinajstić information content (AvgIpc) is 2.60. The quantitative estimate of drug-likeness (QED) is 0.513. The van der Waals surface area contributed by atoms with Crippen LogP contribution in [-0.2, 0) is 14.8 Å². The summed E-state index contributed by atoms with van der Waals surface area (Å²) in [7, 11) is -3.85. The maximum Gasteiger partial charge on any atom is 0.243 e. The minimum atomic E-state index is -3.85. The van der Waals surface area contributed by atoms with E-state index >= 15 is 0 Å². The first-order valence-corrected chi connectivity index (χ1v) is 11.3. The maximum atomic E-state index is 14.1. The van der Waals surface area contributed by atoms with Crippen molar-refractivity contribution in [1.29, 1.82) is 0 Å². The number of rotatable bonds is 8. The summed E-state index contributed by atoms with van der Waals surface area (Å²) >= 11 is 7.36. The number of amides is 1. The zero-order chi connectivity index (χ0) is 20.0. The molecule has 2 aromatic carbocycles. The first-order chi connectivity index (χ1) is 12.7. The highest BCUT2D eigenvalue weighted by atomic mass is 35.5. The van der Waals surface area contributed by atoms with Crippen LogP contribution in [0.1, 0.15) is 6.92 Å². The molecule has 0 spiro atoms. The summed E-state index contributed by atoms with van der Waals surface area (Å²) in [5.41, 5.74) is -0.154. The SMILES string of the molecule is CC(C(=O)NCCSc1ccc(Cl)cc1)N(c1ccccc1F)S(C)(=O)=O. The van der Waals surface area contributed by atoms with Gasteiger partial charge >= 0.3 is 0 Å². The van der Waals surface area contributed by atoms with Crippen molar-refractivity contribution >= 4 is 45.0 Å². The fourth-order valence-electron chi connectivity index (χ4n) is 2.43. The summed E-state index contributed by atoms with van der Waals surface area (Å²) in [4.78, 5) is 13.4. The lowest BCUT2D eigenvalue weighted by atomic mass is 10.2. The van der Waals surface area contributed by atoms with Crippen molar-refractivity contribution < 1.29 is 17.6 Å². The van der Waals surface area contributed by atoms with E-state index in [2.05, 4.69) is 5.32 Å². The second kappa shape index (κ2) is 9.43. The van der Waals surface area contributed by atoms with Crippen molar-refractivity contribution in [3.05, 3.63) is 59.4 Å². The van der Waals surface area contributed by atoms with Gasteiger partial charge in [-0.05, 0) is 43.3 Å². The van der Waals surface area contributed by atoms with Gasteiger partial charge in [0.15, 0.2) is 0 Å². The van der Waals surface area contributed by atoms with Crippen molar-refractivity contribution in [1.82, 2.24) is 5.32 Å². The molecule has 2 rings (SSSR count). The molecule has 0 aliphatic heterocycles. The Morgan fingerprint density at radius 1 is 1.22 bits per heavy atom. The molecule has 0 radical (unpaired) electrons. The van der Waals surface area contributed by atoms with E-state index in [0.717, 1.165) is 21.5 Å². The molecule has 0 saturated carbocycles. The molecule has 0 aromatic heterocycles. The third-order valence-corrected chi connectivity index (χ3v) is 6.16. The molecular weight excluding hydrogens is 411 g/mol. The number of carbonyl (C=O) groups excluding carboxylic acids is 1. The minimum absolute atomic E-state index is 0.154. The van der Waals surface area contributed by atoms with Crippen LogP contribution in [0.3, 0.4) is 0 Å². The number of anilines is 1. The number of hydrogen-bond acceptors (Lipinski definition) is 4. The van der Waals surface area contributed by atoms with Gasteiger partial charge in [-0.25, -0.2) is 12.8 Å². The van der Waals surface area contributed by atoms with Gasteiger partial charge in [0.2, 0.25) is 15.9 Å². The Morgan fingerprint density at radius 3 is 2.44 bits per heavy atom. The Hall–Kier alpha value is -1.77. The zero-order valence-electron chi connectivity index (χ0n) is 14.9. The summed E-state index contributed by atoms with van der Waals surface area (Å²) < 4.78 is 39.1. The van der Waals surface area contributed by atoms with E-state index in [1.165, 1.54) is 36.9 Å². The van der Waals surface area contributed by atoms with Gasteiger partial charge in [0.25, 0.3) is 0 Å². The van der Waals surface area contributed by atoms with Gasteiger partial charge in [-0.3, -0.25) is 9.10 Å². The zero-order valence-corrected chi connectivity index (χ0v) is 17.2. The van der Waals surface area contributed by atoms with Gasteiger partial charge in [-0.15, -0.1) is 11.8 Å². The molecule has 146 valence electrons. The third-order valence-electron chi connectivity index (χ3n) is 3.66. The summed E-state index contributed by atoms with van der Waals surface area (Å²) in [6, 6.07) is 11.7. The number of para-hydroxylation sites is 1. The monoisotopic (exact) mass is 430 g/mol. The van der Waals surface area contributed by atoms with Crippen LogP contribution < -0.4 is 9.62 Å². The van der Waals surface area contributed by atoms with Crippen LogP contribution in [0.2, 0.25) is 5.02 Å². The molecule has 0 fully saturated rings. The number of benzene rings is 2. The highest BCUT2D eigenvalue weighted by molar-refractivity contribution is 7.99. The van der Waals surface area contributed by atoms with Crippen LogP contribution >= 0.6 is 23.4 Å². The van der Waals surface area contributed by atoms with Gasteiger partial charge in [0, 0.05) is 22.2 Å². The number of sulfonamides is 1. The maximum absolute atomic E-state index is 14.1. The lowest BCUT2D eigenvalue weighted by Gasteiger charge is -2.28. The smallest absolute Gasteiger partial charge is 0.243 e. The molecule has 5 nitrogen and oxygen atoms in total. The average molecular weight is 431 g/mol. The Balaban J connectivity index is 1.99. The Morgan fingerprint density at radius 2 is 1.85 bits per heavy atom. The topological polar surface area (TPSA) is 66.5 Å². The number of thioether (sulfide) groups is 1. The predicted octanol–water partition coefficient (Wildman–Crippen LogP) is 3.54. The summed E-state index contributed by atoms with van der Waals surface area (Å²) in [6.07, 6.45) is 0.944. The molecule has 2 aromatic rings. The molecule has 0 bridgehead atoms. The molecule has 0 aliphatic carbocycles. The Labute approximate surface area is 168 Å². The number of carbonyl (C=O) groups is 1. The molecule has 0 heterocycles. The molecule has 9 heteroatoms. The van der Waals surface area contributed by atoms with Gasteiger partial charge < -0.3 is 5.32 Å². The normalized spacial score (nSPS) is 12.4. The standard InChI is InChI=1S/C18H20ClFN2O3S2/c1-13(22(27(2,24)25)17-6-4-3-5-16(17)20)18(23)21-11-12-26-15-9-7-14(19)8-10-15/h3-10,13H,11-12H2,1-2H3,(H,21,23). The van der Waals surface area contributed by atoms with Gasteiger partial charge in [-0.1, -0.05) is 23.7 Å². The van der Waals surface area contributed by atoms with Crippen molar-refractivity contribution in [3.63, 3.8) is 0 Å². The number of nitrogens with zero attached hydrogens (tertiary/aromatic N) is 1. The minimum Gasteiger partial charge on any atom is -0.353 e. The number of nitrogens with one attached hydrogen (secondary N) is 1. The molecule has 27 heavy (non-hydrogen) atoms. The molecule has 1 amide bonds. The second-order valence-electron chi connectivity index (χ2n) is 5.78. The van der Waals surface area contributed by atoms with E-state index in [4.69, 9.17) is 11.6 Å². The summed E-state index contributed by atoms with van der Waals surface area (Å²) in [5.74, 6) is -0.611. The van der Waals surface area contributed by atoms with Crippen molar-refractivity contribution in [2.45, 2.75) is 17.9 Å². The third kappa shape index (κ3) is 6.12. The first kappa shape index (κ1) is 21.5. The van der Waals surface area contributed by atoms with Crippen LogP contribution in [0.15, 0.2) is 53.4 Å². The van der Waals surface area contributed by atoms with E-state index in [1.807, 2.05) is 12.1 Å². The highest BCUT2D eigenvalue weighted by Gasteiger charge is 2.30. The van der Waals surface area contributed by atoms with Crippen LogP contribution in [-0.4, -0.2) is 38.9 Å². The van der Waals surface area contributed by atoms with E-state index in [1.54, 1.807) is 12.1 Å². The van der Waals surface area contributed by atoms with Crippen molar-refractivity contribution in [2.24, 2.45) is 0 Å². The van der Waals surface area contributed by atoms with E-state index in [9.17, 15) is 17.6 Å². The fourth-order valence-corrected chi connectivity index (χ4v) is 4.50. The van der Waals surface area contributed by atoms with Gasteiger partial charge in [0.1, 0.15) is 11.9 Å². The Kier molecular flexibility index (Phi) is 7.52. The second-order valence-corrected chi connectivity index (χ2v) is 9.24. The lowest BCUT2D eigenvalue weighted by Crippen LogP contribution is -2.48. The fraction of sp³-hybridized carbons (Fsp3) is 0.278. The largest absolute Gasteiger partial charge is 0.353 e.